The average molecular weight is 627 g/mol. The van der Waals surface area contributed by atoms with Gasteiger partial charge in [0.15, 0.2) is 0 Å². The zero-order valence-corrected chi connectivity index (χ0v) is 25.1. The monoisotopic (exact) mass is 626 g/mol. The van der Waals surface area contributed by atoms with Gasteiger partial charge in [0.25, 0.3) is 5.69 Å². The van der Waals surface area contributed by atoms with E-state index in [1.165, 1.54) is 11.6 Å². The third-order valence-corrected chi connectivity index (χ3v) is 8.35. The van der Waals surface area contributed by atoms with Gasteiger partial charge in [-0.15, -0.1) is 0 Å². The molecule has 3 aromatic rings. The summed E-state index contributed by atoms with van der Waals surface area (Å²) in [7, 11) is 0. The van der Waals surface area contributed by atoms with E-state index in [-0.39, 0.29) is 30.3 Å². The number of anilines is 2. The van der Waals surface area contributed by atoms with Crippen molar-refractivity contribution in [2.75, 3.05) is 43.0 Å². The number of carbonyl (C=O) groups excluding carboxylic acids is 1. The Hall–Kier alpha value is -4.32. The van der Waals surface area contributed by atoms with Crippen LogP contribution in [0.15, 0.2) is 66.7 Å². The molecule has 1 saturated carbocycles. The molecule has 9 nitrogen and oxygen atoms in total. The molecule has 0 bridgehead atoms. The molecule has 2 fully saturated rings. The van der Waals surface area contributed by atoms with Crippen LogP contribution in [0, 0.1) is 17.0 Å². The number of nitro groups is 1. The smallest absolute Gasteiger partial charge is 0.423 e. The summed E-state index contributed by atoms with van der Waals surface area (Å²) < 4.78 is 51.7. The molecule has 1 heterocycles. The van der Waals surface area contributed by atoms with Crippen LogP contribution in [0.2, 0.25) is 0 Å². The van der Waals surface area contributed by atoms with E-state index in [9.17, 15) is 28.1 Å². The minimum absolute atomic E-state index is 0.00687. The Kier molecular flexibility index (Phi) is 10.1. The standard InChI is InChI=1S/C33H37F3N4O5/c1-23-2-4-24(5-3-23)21-44-29-13-9-27(10-14-29)38-16-18-39(19-17-38)32(41)22-45-28-11-6-25(7-12-28)37-26-8-15-31(40(42)43)30(20-26)33(34,35)36/h2-5,8-10,13-15,20,25,28,37H,6-7,11-12,16-19,21-22H2,1H3. The van der Waals surface area contributed by atoms with E-state index in [1.54, 1.807) is 0 Å². The molecule has 0 atom stereocenters. The zero-order valence-electron chi connectivity index (χ0n) is 25.1. The van der Waals surface area contributed by atoms with E-state index in [0.29, 0.717) is 58.5 Å². The van der Waals surface area contributed by atoms with Crippen LogP contribution >= 0.6 is 0 Å². The van der Waals surface area contributed by atoms with Gasteiger partial charge in [-0.1, -0.05) is 29.8 Å². The lowest BCUT2D eigenvalue weighted by molar-refractivity contribution is -0.388. The van der Waals surface area contributed by atoms with Gasteiger partial charge in [-0.2, -0.15) is 13.2 Å². The maximum atomic E-state index is 13.3. The van der Waals surface area contributed by atoms with E-state index in [0.717, 1.165) is 29.1 Å². The summed E-state index contributed by atoms with van der Waals surface area (Å²) in [5.41, 5.74) is 1.36. The number of piperazine rings is 1. The number of hydrogen-bond donors (Lipinski definition) is 1. The van der Waals surface area contributed by atoms with Gasteiger partial charge in [-0.3, -0.25) is 14.9 Å². The second kappa shape index (κ2) is 14.2. The molecular formula is C33H37F3N4O5. The molecule has 0 unspecified atom stereocenters. The fraction of sp³-hybridized carbons (Fsp3) is 0.424. The molecule has 1 aliphatic carbocycles. The van der Waals surface area contributed by atoms with Crippen molar-refractivity contribution in [2.45, 2.75) is 57.5 Å². The van der Waals surface area contributed by atoms with Crippen LogP contribution in [-0.4, -0.2) is 60.7 Å². The lowest BCUT2D eigenvalue weighted by atomic mass is 9.92. The highest BCUT2D eigenvalue weighted by Crippen LogP contribution is 2.38. The molecule has 1 aliphatic heterocycles. The normalized spacial score (nSPS) is 18.8. The fourth-order valence-corrected chi connectivity index (χ4v) is 5.72. The van der Waals surface area contributed by atoms with Crippen molar-refractivity contribution in [1.82, 2.24) is 4.90 Å². The summed E-state index contributed by atoms with van der Waals surface area (Å²) in [5, 5.41) is 14.1. The minimum Gasteiger partial charge on any atom is -0.489 e. The Balaban J connectivity index is 1.01. The number of rotatable bonds is 10. The van der Waals surface area contributed by atoms with Gasteiger partial charge < -0.3 is 24.6 Å². The lowest BCUT2D eigenvalue weighted by Crippen LogP contribution is -2.50. The molecule has 1 N–H and O–H groups in total. The van der Waals surface area contributed by atoms with Crippen molar-refractivity contribution < 1.29 is 32.4 Å². The summed E-state index contributed by atoms with van der Waals surface area (Å²) in [4.78, 5) is 26.9. The van der Waals surface area contributed by atoms with E-state index in [2.05, 4.69) is 41.4 Å². The van der Waals surface area contributed by atoms with Crippen LogP contribution in [0.1, 0.15) is 42.4 Å². The molecule has 240 valence electrons. The van der Waals surface area contributed by atoms with E-state index in [4.69, 9.17) is 9.47 Å². The van der Waals surface area contributed by atoms with Crippen molar-refractivity contribution in [3.63, 3.8) is 0 Å². The summed E-state index contributed by atoms with van der Waals surface area (Å²) in [5.74, 6) is 0.748. The van der Waals surface area contributed by atoms with Gasteiger partial charge in [-0.05, 0) is 74.6 Å². The summed E-state index contributed by atoms with van der Waals surface area (Å²) in [6.45, 7) is 5.18. The van der Waals surface area contributed by atoms with Crippen LogP contribution in [-0.2, 0) is 22.3 Å². The van der Waals surface area contributed by atoms with Crippen LogP contribution < -0.4 is 15.0 Å². The third kappa shape index (κ3) is 8.65. The van der Waals surface area contributed by atoms with Crippen LogP contribution in [0.5, 0.6) is 5.75 Å². The van der Waals surface area contributed by atoms with Crippen molar-refractivity contribution in [2.24, 2.45) is 0 Å². The maximum absolute atomic E-state index is 13.3. The second-order valence-corrected chi connectivity index (χ2v) is 11.6. The number of aryl methyl sites for hydroxylation is 1. The molecule has 0 spiro atoms. The first-order chi connectivity index (χ1) is 21.5. The SMILES string of the molecule is Cc1ccc(COc2ccc(N3CCN(C(=O)COC4CCC(Nc5ccc([N+](=O)[O-])c(C(F)(F)F)c5)CC4)CC3)cc2)cc1. The van der Waals surface area contributed by atoms with Crippen molar-refractivity contribution >= 4 is 23.0 Å². The van der Waals surface area contributed by atoms with E-state index in [1.807, 2.05) is 29.2 Å². The molecule has 1 amide bonds. The number of nitrogens with one attached hydrogen (secondary N) is 1. The largest absolute Gasteiger partial charge is 0.489 e. The molecule has 0 aromatic heterocycles. The Labute approximate surface area is 260 Å². The van der Waals surface area contributed by atoms with E-state index < -0.39 is 22.4 Å². The van der Waals surface area contributed by atoms with E-state index >= 15 is 0 Å². The van der Waals surface area contributed by atoms with Crippen LogP contribution in [0.3, 0.4) is 0 Å². The maximum Gasteiger partial charge on any atom is 0.423 e. The first-order valence-electron chi connectivity index (χ1n) is 15.1. The zero-order chi connectivity index (χ0) is 32.0. The number of carbonyl (C=O) groups is 1. The van der Waals surface area contributed by atoms with Crippen LogP contribution in [0.25, 0.3) is 0 Å². The van der Waals surface area contributed by atoms with Gasteiger partial charge in [0.2, 0.25) is 5.91 Å². The molecule has 3 aromatic carbocycles. The molecule has 2 aliphatic rings. The average Bonchev–Trinajstić information content (AvgIpc) is 3.04. The summed E-state index contributed by atoms with van der Waals surface area (Å²) in [6, 6.07) is 19.1. The Morgan fingerprint density at radius 2 is 1.62 bits per heavy atom. The third-order valence-electron chi connectivity index (χ3n) is 8.35. The highest BCUT2D eigenvalue weighted by Gasteiger charge is 2.38. The first kappa shape index (κ1) is 32.1. The molecule has 12 heteroatoms. The van der Waals surface area contributed by atoms with Gasteiger partial charge in [0.05, 0.1) is 11.0 Å². The molecule has 1 saturated heterocycles. The lowest BCUT2D eigenvalue weighted by Gasteiger charge is -2.36. The fourth-order valence-electron chi connectivity index (χ4n) is 5.72. The predicted molar refractivity (Wildman–Crippen MR) is 164 cm³/mol. The van der Waals surface area contributed by atoms with Gasteiger partial charge >= 0.3 is 6.18 Å². The molecular weight excluding hydrogens is 589 g/mol. The van der Waals surface area contributed by atoms with Crippen molar-refractivity contribution in [1.29, 1.82) is 0 Å². The number of nitro benzene ring substituents is 1. The molecule has 5 rings (SSSR count). The number of ether oxygens (including phenoxy) is 2. The number of hydrogen-bond acceptors (Lipinski definition) is 7. The first-order valence-corrected chi connectivity index (χ1v) is 15.1. The molecule has 45 heavy (non-hydrogen) atoms. The number of benzene rings is 3. The minimum atomic E-state index is -4.83. The summed E-state index contributed by atoms with van der Waals surface area (Å²) >= 11 is 0. The van der Waals surface area contributed by atoms with Gasteiger partial charge in [0.1, 0.15) is 24.5 Å². The number of halogens is 3. The Morgan fingerprint density at radius 1 is 0.956 bits per heavy atom. The number of nitrogens with zero attached hydrogens (tertiary/aromatic N) is 3. The number of amides is 1. The van der Waals surface area contributed by atoms with Crippen LogP contribution in [0.4, 0.5) is 30.2 Å². The highest BCUT2D eigenvalue weighted by molar-refractivity contribution is 5.77. The highest BCUT2D eigenvalue weighted by atomic mass is 19.4. The Bertz CT molecular complexity index is 1450. The van der Waals surface area contributed by atoms with Gasteiger partial charge in [-0.25, -0.2) is 0 Å². The summed E-state index contributed by atoms with van der Waals surface area (Å²) in [6.07, 6.45) is -2.33. The number of alkyl halides is 3. The molecule has 0 radical (unpaired) electrons. The van der Waals surface area contributed by atoms with Gasteiger partial charge in [0, 0.05) is 49.7 Å². The van der Waals surface area contributed by atoms with Crippen molar-refractivity contribution in [3.05, 3.63) is 93.5 Å². The predicted octanol–water partition coefficient (Wildman–Crippen LogP) is 6.59. The topological polar surface area (TPSA) is 97.2 Å². The quantitative estimate of drug-likeness (QED) is 0.200. The second-order valence-electron chi connectivity index (χ2n) is 11.6. The van der Waals surface area contributed by atoms with Crippen molar-refractivity contribution in [3.8, 4) is 5.75 Å². The Morgan fingerprint density at radius 3 is 2.24 bits per heavy atom.